The number of halogens is 1. The van der Waals surface area contributed by atoms with Gasteiger partial charge in [0.05, 0.1) is 18.7 Å². The Morgan fingerprint density at radius 3 is 2.70 bits per heavy atom. The molecule has 112 valence electrons. The van der Waals surface area contributed by atoms with Gasteiger partial charge < -0.3 is 15.4 Å². The van der Waals surface area contributed by atoms with Crippen LogP contribution in [0, 0.1) is 0 Å². The van der Waals surface area contributed by atoms with Gasteiger partial charge >= 0.3 is 0 Å². The molecule has 1 amide bonds. The number of nitrogens with two attached hydrogens (primary N) is 1. The summed E-state index contributed by atoms with van der Waals surface area (Å²) in [7, 11) is 0. The summed E-state index contributed by atoms with van der Waals surface area (Å²) in [5.41, 5.74) is 6.98. The van der Waals surface area contributed by atoms with E-state index in [1.165, 1.54) is 5.56 Å². The van der Waals surface area contributed by atoms with Gasteiger partial charge in [0.25, 0.3) is 0 Å². The van der Waals surface area contributed by atoms with Crippen LogP contribution < -0.4 is 5.73 Å². The van der Waals surface area contributed by atoms with Gasteiger partial charge in [-0.3, -0.25) is 4.79 Å². The topological polar surface area (TPSA) is 55.6 Å². The minimum atomic E-state index is -0.448. The summed E-state index contributed by atoms with van der Waals surface area (Å²) >= 11 is 0. The smallest absolute Gasteiger partial charge is 0.239 e. The second kappa shape index (κ2) is 8.25. The molecule has 4 nitrogen and oxygen atoms in total. The maximum absolute atomic E-state index is 12.2. The number of amides is 1. The van der Waals surface area contributed by atoms with Crippen molar-refractivity contribution in [2.45, 2.75) is 31.8 Å². The summed E-state index contributed by atoms with van der Waals surface area (Å²) in [4.78, 5) is 14.1. The van der Waals surface area contributed by atoms with E-state index >= 15 is 0 Å². The van der Waals surface area contributed by atoms with Gasteiger partial charge in [0.15, 0.2) is 0 Å². The average Bonchev–Trinajstić information content (AvgIpc) is 2.94. The highest BCUT2D eigenvalue weighted by atomic mass is 35.5. The van der Waals surface area contributed by atoms with Crippen molar-refractivity contribution < 1.29 is 9.53 Å². The molecule has 1 saturated heterocycles. The van der Waals surface area contributed by atoms with Crippen LogP contribution in [-0.4, -0.2) is 42.6 Å². The van der Waals surface area contributed by atoms with Gasteiger partial charge in [0.2, 0.25) is 5.91 Å². The average molecular weight is 299 g/mol. The van der Waals surface area contributed by atoms with E-state index in [9.17, 15) is 4.79 Å². The Bertz CT molecular complexity index is 406. The van der Waals surface area contributed by atoms with Gasteiger partial charge in [0.1, 0.15) is 0 Å². The zero-order valence-electron chi connectivity index (χ0n) is 11.8. The molecule has 2 rings (SSSR count). The molecule has 20 heavy (non-hydrogen) atoms. The summed E-state index contributed by atoms with van der Waals surface area (Å²) in [6.45, 7) is 3.82. The van der Waals surface area contributed by atoms with E-state index in [1.54, 1.807) is 6.92 Å². The van der Waals surface area contributed by atoms with E-state index in [-0.39, 0.29) is 24.4 Å². The fourth-order valence-electron chi connectivity index (χ4n) is 2.40. The Kier molecular flexibility index (Phi) is 6.99. The molecule has 1 heterocycles. The van der Waals surface area contributed by atoms with Gasteiger partial charge in [-0.1, -0.05) is 30.3 Å². The monoisotopic (exact) mass is 298 g/mol. The van der Waals surface area contributed by atoms with Gasteiger partial charge in [0, 0.05) is 13.2 Å². The first kappa shape index (κ1) is 17.0. The maximum atomic E-state index is 12.2. The summed E-state index contributed by atoms with van der Waals surface area (Å²) in [5.74, 6) is 0.0198. The van der Waals surface area contributed by atoms with Crippen molar-refractivity contribution in [2.24, 2.45) is 5.73 Å². The van der Waals surface area contributed by atoms with Crippen LogP contribution >= 0.6 is 12.4 Å². The molecule has 1 aliphatic rings. The molecule has 0 aromatic heterocycles. The van der Waals surface area contributed by atoms with Gasteiger partial charge in [-0.2, -0.15) is 0 Å². The molecule has 1 aliphatic heterocycles. The van der Waals surface area contributed by atoms with Crippen LogP contribution in [0.2, 0.25) is 0 Å². The van der Waals surface area contributed by atoms with E-state index in [0.717, 1.165) is 19.4 Å². The number of rotatable bonds is 5. The molecule has 1 aromatic carbocycles. The molecule has 2 atom stereocenters. The summed E-state index contributed by atoms with van der Waals surface area (Å²) in [6, 6.07) is 9.94. The van der Waals surface area contributed by atoms with Crippen molar-refractivity contribution >= 4 is 18.3 Å². The molecule has 1 fully saturated rings. The van der Waals surface area contributed by atoms with Gasteiger partial charge in [-0.05, 0) is 25.3 Å². The largest absolute Gasteiger partial charge is 0.379 e. The summed E-state index contributed by atoms with van der Waals surface area (Å²) < 4.78 is 5.39. The number of hydrogen-bond donors (Lipinski definition) is 1. The molecule has 0 bridgehead atoms. The van der Waals surface area contributed by atoms with Crippen molar-refractivity contribution in [3.8, 4) is 0 Å². The van der Waals surface area contributed by atoms with E-state index in [2.05, 4.69) is 12.1 Å². The molecule has 0 radical (unpaired) electrons. The second-order valence-corrected chi connectivity index (χ2v) is 5.07. The van der Waals surface area contributed by atoms with E-state index in [0.29, 0.717) is 13.2 Å². The first-order valence-electron chi connectivity index (χ1n) is 6.86. The Labute approximate surface area is 126 Å². The fraction of sp³-hybridized carbons (Fsp3) is 0.533. The van der Waals surface area contributed by atoms with Crippen molar-refractivity contribution in [3.05, 3.63) is 35.9 Å². The standard InChI is InChI=1S/C15H22N2O2.ClH/c1-12(16)15(18)17(14-8-10-19-11-14)9-7-13-5-3-2-4-6-13;/h2-6,12,14H,7-11,16H2,1H3;1H/t12-,14?;/m0./s1. The Balaban J connectivity index is 0.00000200. The van der Waals surface area contributed by atoms with Crippen LogP contribution in [-0.2, 0) is 16.0 Å². The molecular weight excluding hydrogens is 276 g/mol. The highest BCUT2D eigenvalue weighted by Crippen LogP contribution is 2.14. The fourth-order valence-corrected chi connectivity index (χ4v) is 2.40. The van der Waals surface area contributed by atoms with Crippen LogP contribution in [0.25, 0.3) is 0 Å². The van der Waals surface area contributed by atoms with Crippen LogP contribution in [0.4, 0.5) is 0 Å². The highest BCUT2D eigenvalue weighted by Gasteiger charge is 2.28. The summed E-state index contributed by atoms with van der Waals surface area (Å²) in [5, 5.41) is 0. The van der Waals surface area contributed by atoms with Crippen LogP contribution in [0.5, 0.6) is 0 Å². The van der Waals surface area contributed by atoms with Crippen LogP contribution in [0.1, 0.15) is 18.9 Å². The third-order valence-electron chi connectivity index (χ3n) is 3.50. The van der Waals surface area contributed by atoms with Crippen molar-refractivity contribution in [2.75, 3.05) is 19.8 Å². The minimum absolute atomic E-state index is 0. The lowest BCUT2D eigenvalue weighted by Crippen LogP contribution is -2.48. The van der Waals surface area contributed by atoms with Crippen molar-refractivity contribution in [3.63, 3.8) is 0 Å². The number of carbonyl (C=O) groups excluding carboxylic acids is 1. The minimum Gasteiger partial charge on any atom is -0.379 e. The van der Waals surface area contributed by atoms with E-state index in [4.69, 9.17) is 10.5 Å². The number of nitrogens with zero attached hydrogens (tertiary/aromatic N) is 1. The molecular formula is C15H23ClN2O2. The van der Waals surface area contributed by atoms with Crippen LogP contribution in [0.3, 0.4) is 0 Å². The lowest BCUT2D eigenvalue weighted by atomic mass is 10.1. The normalized spacial score (nSPS) is 19.2. The predicted octanol–water partition coefficient (Wildman–Crippen LogP) is 1.62. The lowest BCUT2D eigenvalue weighted by molar-refractivity contribution is -0.134. The molecule has 0 saturated carbocycles. The highest BCUT2D eigenvalue weighted by molar-refractivity contribution is 5.85. The maximum Gasteiger partial charge on any atom is 0.239 e. The first-order chi connectivity index (χ1) is 9.18. The number of hydrogen-bond acceptors (Lipinski definition) is 3. The van der Waals surface area contributed by atoms with E-state index < -0.39 is 6.04 Å². The lowest BCUT2D eigenvalue weighted by Gasteiger charge is -2.29. The number of carbonyl (C=O) groups is 1. The Morgan fingerprint density at radius 2 is 2.15 bits per heavy atom. The van der Waals surface area contributed by atoms with E-state index in [1.807, 2.05) is 23.1 Å². The molecule has 0 spiro atoms. The number of ether oxygens (including phenoxy) is 1. The third-order valence-corrected chi connectivity index (χ3v) is 3.50. The van der Waals surface area contributed by atoms with Crippen molar-refractivity contribution in [1.82, 2.24) is 4.90 Å². The predicted molar refractivity (Wildman–Crippen MR) is 82.0 cm³/mol. The number of benzene rings is 1. The Morgan fingerprint density at radius 1 is 1.45 bits per heavy atom. The van der Waals surface area contributed by atoms with Crippen molar-refractivity contribution in [1.29, 1.82) is 0 Å². The van der Waals surface area contributed by atoms with Gasteiger partial charge in [-0.15, -0.1) is 12.4 Å². The van der Waals surface area contributed by atoms with Crippen LogP contribution in [0.15, 0.2) is 30.3 Å². The zero-order chi connectivity index (χ0) is 13.7. The summed E-state index contributed by atoms with van der Waals surface area (Å²) in [6.07, 6.45) is 1.77. The molecule has 0 aliphatic carbocycles. The molecule has 1 unspecified atom stereocenters. The SMILES string of the molecule is C[C@H](N)C(=O)N(CCc1ccccc1)C1CCOC1.Cl. The quantitative estimate of drug-likeness (QED) is 0.898. The van der Waals surface area contributed by atoms with Gasteiger partial charge in [-0.25, -0.2) is 0 Å². The molecule has 1 aromatic rings. The Hall–Kier alpha value is -1.10. The second-order valence-electron chi connectivity index (χ2n) is 5.07. The first-order valence-corrected chi connectivity index (χ1v) is 6.86. The molecule has 2 N–H and O–H groups in total. The zero-order valence-corrected chi connectivity index (χ0v) is 12.6. The molecule has 5 heteroatoms. The third kappa shape index (κ3) is 4.47.